The van der Waals surface area contributed by atoms with E-state index in [4.69, 9.17) is 16.3 Å². The standard InChI is InChI=1S/C15H17ClN2O/c16-12-3-4-13-14(8-12)18-7-5-15(13)19-10-11-2-1-6-17-9-11/h3-5,7-8,11,17H,1-2,6,9-10H2. The van der Waals surface area contributed by atoms with Crippen LogP contribution in [0, 0.1) is 5.92 Å². The maximum atomic E-state index is 5.98. The van der Waals surface area contributed by atoms with Crippen molar-refractivity contribution in [2.75, 3.05) is 19.7 Å². The van der Waals surface area contributed by atoms with E-state index in [-0.39, 0.29) is 0 Å². The van der Waals surface area contributed by atoms with Crippen LogP contribution in [0.2, 0.25) is 5.02 Å². The molecule has 0 bridgehead atoms. The third-order valence-corrected chi connectivity index (χ3v) is 3.77. The van der Waals surface area contributed by atoms with E-state index in [0.717, 1.165) is 36.3 Å². The third-order valence-electron chi connectivity index (χ3n) is 3.54. The van der Waals surface area contributed by atoms with Crippen molar-refractivity contribution in [3.63, 3.8) is 0 Å². The van der Waals surface area contributed by atoms with Gasteiger partial charge in [-0.2, -0.15) is 0 Å². The summed E-state index contributed by atoms with van der Waals surface area (Å²) in [6, 6.07) is 7.64. The molecule has 4 heteroatoms. The van der Waals surface area contributed by atoms with Crippen molar-refractivity contribution in [3.8, 4) is 5.75 Å². The van der Waals surface area contributed by atoms with E-state index in [1.807, 2.05) is 24.3 Å². The zero-order chi connectivity index (χ0) is 13.1. The molecule has 2 heterocycles. The highest BCUT2D eigenvalue weighted by molar-refractivity contribution is 6.31. The number of fused-ring (bicyclic) bond motifs is 1. The van der Waals surface area contributed by atoms with E-state index in [9.17, 15) is 0 Å². The number of pyridine rings is 1. The molecule has 100 valence electrons. The van der Waals surface area contributed by atoms with E-state index in [1.165, 1.54) is 12.8 Å². The van der Waals surface area contributed by atoms with Crippen molar-refractivity contribution in [3.05, 3.63) is 35.5 Å². The molecule has 0 radical (unpaired) electrons. The van der Waals surface area contributed by atoms with E-state index in [0.29, 0.717) is 10.9 Å². The number of halogens is 1. The average molecular weight is 277 g/mol. The lowest BCUT2D eigenvalue weighted by Crippen LogP contribution is -2.33. The van der Waals surface area contributed by atoms with Gasteiger partial charge in [-0.05, 0) is 43.7 Å². The molecule has 1 N–H and O–H groups in total. The minimum Gasteiger partial charge on any atom is -0.492 e. The molecular formula is C15H17ClN2O. The van der Waals surface area contributed by atoms with Gasteiger partial charge in [-0.15, -0.1) is 0 Å². The maximum Gasteiger partial charge on any atom is 0.130 e. The zero-order valence-corrected chi connectivity index (χ0v) is 11.5. The molecule has 1 aromatic heterocycles. The van der Waals surface area contributed by atoms with Crippen LogP contribution in [0.1, 0.15) is 12.8 Å². The molecule has 1 atom stereocenters. The Morgan fingerprint density at radius 3 is 3.16 bits per heavy atom. The fourth-order valence-corrected chi connectivity index (χ4v) is 2.66. The second kappa shape index (κ2) is 5.76. The van der Waals surface area contributed by atoms with E-state index in [2.05, 4.69) is 10.3 Å². The maximum absolute atomic E-state index is 5.98. The summed E-state index contributed by atoms with van der Waals surface area (Å²) in [4.78, 5) is 4.32. The molecule has 3 rings (SSSR count). The summed E-state index contributed by atoms with van der Waals surface area (Å²) in [7, 11) is 0. The molecule has 0 aliphatic carbocycles. The molecule has 0 spiro atoms. The molecule has 1 saturated heterocycles. The number of nitrogens with one attached hydrogen (secondary N) is 1. The average Bonchev–Trinajstić information content (AvgIpc) is 2.45. The molecule has 0 saturated carbocycles. The summed E-state index contributed by atoms with van der Waals surface area (Å²) in [6.45, 7) is 2.94. The van der Waals surface area contributed by atoms with Crippen LogP contribution in [0.4, 0.5) is 0 Å². The largest absolute Gasteiger partial charge is 0.492 e. The quantitative estimate of drug-likeness (QED) is 0.934. The van der Waals surface area contributed by atoms with E-state index < -0.39 is 0 Å². The van der Waals surface area contributed by atoms with E-state index in [1.54, 1.807) is 6.20 Å². The van der Waals surface area contributed by atoms with Gasteiger partial charge in [0.25, 0.3) is 0 Å². The fourth-order valence-electron chi connectivity index (χ4n) is 2.49. The van der Waals surface area contributed by atoms with Crippen molar-refractivity contribution in [1.29, 1.82) is 0 Å². The van der Waals surface area contributed by atoms with Crippen molar-refractivity contribution in [2.24, 2.45) is 5.92 Å². The molecule has 3 nitrogen and oxygen atoms in total. The second-order valence-electron chi connectivity index (χ2n) is 4.99. The number of ether oxygens (including phenoxy) is 1. The first kappa shape index (κ1) is 12.7. The smallest absolute Gasteiger partial charge is 0.130 e. The van der Waals surface area contributed by atoms with Gasteiger partial charge in [0.05, 0.1) is 12.1 Å². The Bertz CT molecular complexity index is 567. The van der Waals surface area contributed by atoms with Crippen LogP contribution in [0.5, 0.6) is 5.75 Å². The number of aromatic nitrogens is 1. The summed E-state index contributed by atoms with van der Waals surface area (Å²) >= 11 is 5.98. The van der Waals surface area contributed by atoms with Gasteiger partial charge in [0.2, 0.25) is 0 Å². The number of hydrogen-bond acceptors (Lipinski definition) is 3. The highest BCUT2D eigenvalue weighted by atomic mass is 35.5. The van der Waals surface area contributed by atoms with Crippen LogP contribution in [-0.2, 0) is 0 Å². The van der Waals surface area contributed by atoms with Gasteiger partial charge in [0.15, 0.2) is 0 Å². The van der Waals surface area contributed by atoms with Gasteiger partial charge in [0, 0.05) is 29.1 Å². The predicted octanol–water partition coefficient (Wildman–Crippen LogP) is 3.27. The summed E-state index contributed by atoms with van der Waals surface area (Å²) in [5.74, 6) is 1.50. The third kappa shape index (κ3) is 2.99. The Labute approximate surface area is 117 Å². The van der Waals surface area contributed by atoms with Gasteiger partial charge in [-0.1, -0.05) is 11.6 Å². The Balaban J connectivity index is 1.76. The van der Waals surface area contributed by atoms with Gasteiger partial charge < -0.3 is 10.1 Å². The minimum atomic E-state index is 0.601. The first-order valence-electron chi connectivity index (χ1n) is 6.71. The summed E-state index contributed by atoms with van der Waals surface area (Å²) < 4.78 is 5.98. The molecule has 0 amide bonds. The first-order valence-corrected chi connectivity index (χ1v) is 7.08. The normalized spacial score (nSPS) is 19.5. The lowest BCUT2D eigenvalue weighted by Gasteiger charge is -2.23. The van der Waals surface area contributed by atoms with Gasteiger partial charge in [-0.25, -0.2) is 0 Å². The molecule has 1 aliphatic rings. The monoisotopic (exact) mass is 276 g/mol. The second-order valence-corrected chi connectivity index (χ2v) is 5.43. The lowest BCUT2D eigenvalue weighted by atomic mass is 10.0. The topological polar surface area (TPSA) is 34.1 Å². The summed E-state index contributed by atoms with van der Waals surface area (Å²) in [6.07, 6.45) is 4.25. The van der Waals surface area contributed by atoms with Crippen LogP contribution >= 0.6 is 11.6 Å². The number of piperidine rings is 1. The van der Waals surface area contributed by atoms with Gasteiger partial charge in [0.1, 0.15) is 5.75 Å². The Kier molecular flexibility index (Phi) is 3.85. The van der Waals surface area contributed by atoms with Crippen molar-refractivity contribution in [2.45, 2.75) is 12.8 Å². The van der Waals surface area contributed by atoms with Crippen LogP contribution in [0.3, 0.4) is 0 Å². The van der Waals surface area contributed by atoms with Crippen molar-refractivity contribution >= 4 is 22.5 Å². The molecule has 1 aliphatic heterocycles. The molecule has 1 fully saturated rings. The number of nitrogens with zero attached hydrogens (tertiary/aromatic N) is 1. The number of benzene rings is 1. The Hall–Kier alpha value is -1.32. The van der Waals surface area contributed by atoms with Crippen molar-refractivity contribution < 1.29 is 4.74 Å². The molecule has 1 aromatic carbocycles. The Morgan fingerprint density at radius 1 is 1.37 bits per heavy atom. The highest BCUT2D eigenvalue weighted by Crippen LogP contribution is 2.26. The highest BCUT2D eigenvalue weighted by Gasteiger charge is 2.14. The molecule has 1 unspecified atom stereocenters. The van der Waals surface area contributed by atoms with Crippen LogP contribution in [0.15, 0.2) is 30.5 Å². The van der Waals surface area contributed by atoms with Gasteiger partial charge in [-0.3, -0.25) is 4.98 Å². The van der Waals surface area contributed by atoms with Crippen LogP contribution in [0.25, 0.3) is 10.9 Å². The fraction of sp³-hybridized carbons (Fsp3) is 0.400. The number of hydrogen-bond donors (Lipinski definition) is 1. The SMILES string of the molecule is Clc1ccc2c(OCC3CCCNC3)ccnc2c1. The van der Waals surface area contributed by atoms with Gasteiger partial charge >= 0.3 is 0 Å². The van der Waals surface area contributed by atoms with Crippen molar-refractivity contribution in [1.82, 2.24) is 10.3 Å². The van der Waals surface area contributed by atoms with Crippen LogP contribution in [-0.4, -0.2) is 24.7 Å². The first-order chi connectivity index (χ1) is 9.33. The minimum absolute atomic E-state index is 0.601. The molecule has 2 aromatic rings. The lowest BCUT2D eigenvalue weighted by molar-refractivity contribution is 0.220. The number of rotatable bonds is 3. The summed E-state index contributed by atoms with van der Waals surface area (Å²) in [5, 5.41) is 5.13. The van der Waals surface area contributed by atoms with E-state index >= 15 is 0 Å². The zero-order valence-electron chi connectivity index (χ0n) is 10.7. The molecule has 19 heavy (non-hydrogen) atoms. The van der Waals surface area contributed by atoms with Crippen LogP contribution < -0.4 is 10.1 Å². The summed E-state index contributed by atoms with van der Waals surface area (Å²) in [5.41, 5.74) is 0.881. The Morgan fingerprint density at radius 2 is 2.32 bits per heavy atom. The predicted molar refractivity (Wildman–Crippen MR) is 77.8 cm³/mol. The molecular weight excluding hydrogens is 260 g/mol.